The Morgan fingerprint density at radius 1 is 1.15 bits per heavy atom. The van der Waals surface area contributed by atoms with Crippen molar-refractivity contribution in [1.82, 2.24) is 14.5 Å². The Morgan fingerprint density at radius 2 is 2.00 bits per heavy atom. The second-order valence-electron chi connectivity index (χ2n) is 6.88. The maximum Gasteiger partial charge on any atom is 0.222 e. The maximum atomic E-state index is 11.8. The van der Waals surface area contributed by atoms with Crippen LogP contribution in [0.15, 0.2) is 59.3 Å². The summed E-state index contributed by atoms with van der Waals surface area (Å²) < 4.78 is 8.28. The second-order valence-corrected chi connectivity index (χ2v) is 6.88. The summed E-state index contributed by atoms with van der Waals surface area (Å²) in [6.07, 6.45) is 5.31. The molecule has 0 bridgehead atoms. The molecule has 1 aliphatic heterocycles. The van der Waals surface area contributed by atoms with Crippen LogP contribution < -0.4 is 0 Å². The molecule has 5 rings (SSSR count). The predicted molar refractivity (Wildman–Crippen MR) is 101 cm³/mol. The van der Waals surface area contributed by atoms with Crippen LogP contribution in [0.25, 0.3) is 33.3 Å². The van der Waals surface area contributed by atoms with Gasteiger partial charge >= 0.3 is 0 Å². The number of benzene rings is 2. The number of nitrogens with zero attached hydrogens (tertiary/aromatic N) is 3. The van der Waals surface area contributed by atoms with Crippen LogP contribution in [0.3, 0.4) is 0 Å². The molecule has 130 valence electrons. The lowest BCUT2D eigenvalue weighted by atomic mass is 10.1. The summed E-state index contributed by atoms with van der Waals surface area (Å²) in [5.41, 5.74) is 2.72. The average Bonchev–Trinajstić information content (AvgIpc) is 3.35. The van der Waals surface area contributed by atoms with Gasteiger partial charge in [0.2, 0.25) is 5.91 Å². The summed E-state index contributed by atoms with van der Waals surface area (Å²) in [6.45, 7) is 0.744. The SMILES string of the molecule is CN1C(=O)CCC1Cn1ccnc1-c1cccc2c1oc1ccccc12. The summed E-state index contributed by atoms with van der Waals surface area (Å²) in [5.74, 6) is 1.10. The van der Waals surface area contributed by atoms with Gasteiger partial charge in [0.05, 0.1) is 5.56 Å². The number of amides is 1. The molecule has 1 atom stereocenters. The van der Waals surface area contributed by atoms with E-state index in [1.165, 1.54) is 0 Å². The lowest BCUT2D eigenvalue weighted by Crippen LogP contribution is -2.32. The van der Waals surface area contributed by atoms with Crippen molar-refractivity contribution in [1.29, 1.82) is 0 Å². The first-order valence-corrected chi connectivity index (χ1v) is 8.90. The van der Waals surface area contributed by atoms with Gasteiger partial charge in [0.1, 0.15) is 17.0 Å². The van der Waals surface area contributed by atoms with Gasteiger partial charge in [0.25, 0.3) is 0 Å². The van der Waals surface area contributed by atoms with Crippen LogP contribution in [-0.2, 0) is 11.3 Å². The molecule has 1 fully saturated rings. The second kappa shape index (κ2) is 5.73. The Bertz CT molecular complexity index is 1120. The third-order valence-corrected chi connectivity index (χ3v) is 5.40. The first-order chi connectivity index (χ1) is 12.7. The summed E-state index contributed by atoms with van der Waals surface area (Å²) in [4.78, 5) is 18.3. The molecule has 4 aromatic rings. The maximum absolute atomic E-state index is 11.8. The number of hydrogen-bond acceptors (Lipinski definition) is 3. The summed E-state index contributed by atoms with van der Waals surface area (Å²) in [5, 5.41) is 2.21. The first-order valence-electron chi connectivity index (χ1n) is 8.90. The molecule has 5 nitrogen and oxygen atoms in total. The van der Waals surface area contributed by atoms with E-state index < -0.39 is 0 Å². The zero-order valence-corrected chi connectivity index (χ0v) is 14.6. The van der Waals surface area contributed by atoms with Crippen molar-refractivity contribution in [2.75, 3.05) is 7.05 Å². The Balaban J connectivity index is 1.61. The molecule has 1 saturated heterocycles. The van der Waals surface area contributed by atoms with Crippen molar-refractivity contribution >= 4 is 27.8 Å². The number of aromatic nitrogens is 2. The average molecular weight is 345 g/mol. The minimum atomic E-state index is 0.213. The van der Waals surface area contributed by atoms with E-state index in [1.807, 2.05) is 54.7 Å². The summed E-state index contributed by atoms with van der Waals surface area (Å²) in [6, 6.07) is 14.5. The Morgan fingerprint density at radius 3 is 2.85 bits per heavy atom. The summed E-state index contributed by atoms with van der Waals surface area (Å²) >= 11 is 0. The van der Waals surface area contributed by atoms with Crippen molar-refractivity contribution in [2.45, 2.75) is 25.4 Å². The van der Waals surface area contributed by atoms with Gasteiger partial charge in [-0.3, -0.25) is 4.79 Å². The fraction of sp³-hybridized carbons (Fsp3) is 0.238. The number of hydrogen-bond donors (Lipinski definition) is 0. The standard InChI is InChI=1S/C21H19N3O2/c1-23-14(9-10-19(23)25)13-24-12-11-22-21(24)17-7-4-6-16-15-5-2-3-8-18(15)26-20(16)17/h2-8,11-12,14H,9-10,13H2,1H3. The van der Waals surface area contributed by atoms with E-state index in [-0.39, 0.29) is 11.9 Å². The third-order valence-electron chi connectivity index (χ3n) is 5.40. The number of imidazole rings is 1. The monoisotopic (exact) mass is 345 g/mol. The van der Waals surface area contributed by atoms with Gasteiger partial charge in [-0.05, 0) is 18.6 Å². The number of carbonyl (C=O) groups excluding carboxylic acids is 1. The van der Waals surface area contributed by atoms with Gasteiger partial charge in [-0.1, -0.05) is 30.3 Å². The smallest absolute Gasteiger partial charge is 0.222 e. The van der Waals surface area contributed by atoms with Gasteiger partial charge in [0.15, 0.2) is 0 Å². The number of fused-ring (bicyclic) bond motifs is 3. The van der Waals surface area contributed by atoms with Gasteiger partial charge < -0.3 is 13.9 Å². The van der Waals surface area contributed by atoms with Crippen molar-refractivity contribution in [2.24, 2.45) is 0 Å². The highest BCUT2D eigenvalue weighted by Gasteiger charge is 2.28. The molecular formula is C21H19N3O2. The molecule has 2 aromatic heterocycles. The first kappa shape index (κ1) is 15.2. The van der Waals surface area contributed by atoms with Gasteiger partial charge in [-0.2, -0.15) is 0 Å². The predicted octanol–water partition coefficient (Wildman–Crippen LogP) is 4.07. The van der Waals surface area contributed by atoms with Crippen LogP contribution >= 0.6 is 0 Å². The topological polar surface area (TPSA) is 51.3 Å². The number of para-hydroxylation sites is 2. The molecule has 0 saturated carbocycles. The Hall–Kier alpha value is -3.08. The highest BCUT2D eigenvalue weighted by atomic mass is 16.3. The van der Waals surface area contributed by atoms with Crippen LogP contribution in [0, 0.1) is 0 Å². The molecule has 0 aliphatic carbocycles. The molecule has 5 heteroatoms. The van der Waals surface area contributed by atoms with E-state index in [4.69, 9.17) is 4.42 Å². The van der Waals surface area contributed by atoms with Gasteiger partial charge in [-0.25, -0.2) is 4.98 Å². The quantitative estimate of drug-likeness (QED) is 0.562. The molecular weight excluding hydrogens is 326 g/mol. The van der Waals surface area contributed by atoms with Crippen molar-refractivity contribution in [3.8, 4) is 11.4 Å². The largest absolute Gasteiger partial charge is 0.455 e. The molecule has 1 amide bonds. The van der Waals surface area contributed by atoms with Gasteiger partial charge in [-0.15, -0.1) is 0 Å². The molecule has 2 aromatic carbocycles. The van der Waals surface area contributed by atoms with Crippen molar-refractivity contribution in [3.05, 3.63) is 54.9 Å². The van der Waals surface area contributed by atoms with Crippen molar-refractivity contribution in [3.63, 3.8) is 0 Å². The molecule has 0 spiro atoms. The zero-order valence-electron chi connectivity index (χ0n) is 14.6. The van der Waals surface area contributed by atoms with E-state index >= 15 is 0 Å². The van der Waals surface area contributed by atoms with Crippen LogP contribution in [0.4, 0.5) is 0 Å². The normalized spacial score (nSPS) is 17.7. The van der Waals surface area contributed by atoms with E-state index in [1.54, 1.807) is 0 Å². The zero-order chi connectivity index (χ0) is 17.7. The van der Waals surface area contributed by atoms with E-state index in [0.29, 0.717) is 6.42 Å². The number of likely N-dealkylation sites (N-methyl/N-ethyl adjacent to an activating group) is 1. The molecule has 26 heavy (non-hydrogen) atoms. The number of carbonyl (C=O) groups is 1. The third kappa shape index (κ3) is 2.24. The minimum absolute atomic E-state index is 0.213. The fourth-order valence-corrected chi connectivity index (χ4v) is 3.93. The number of furan rings is 1. The fourth-order valence-electron chi connectivity index (χ4n) is 3.93. The lowest BCUT2D eigenvalue weighted by Gasteiger charge is -2.21. The van der Waals surface area contributed by atoms with Crippen LogP contribution in [0.1, 0.15) is 12.8 Å². The van der Waals surface area contributed by atoms with Gasteiger partial charge in [0, 0.05) is 49.2 Å². The number of likely N-dealkylation sites (tertiary alicyclic amines) is 1. The minimum Gasteiger partial charge on any atom is -0.455 e. The highest BCUT2D eigenvalue weighted by molar-refractivity contribution is 6.09. The molecule has 0 N–H and O–H groups in total. The Kier molecular flexibility index (Phi) is 3.35. The Labute approximate surface area is 150 Å². The molecule has 1 aliphatic rings. The highest BCUT2D eigenvalue weighted by Crippen LogP contribution is 2.35. The molecule has 3 heterocycles. The van der Waals surface area contributed by atoms with Crippen LogP contribution in [-0.4, -0.2) is 33.4 Å². The van der Waals surface area contributed by atoms with E-state index in [9.17, 15) is 4.79 Å². The number of rotatable bonds is 3. The van der Waals surface area contributed by atoms with E-state index in [0.717, 1.165) is 46.3 Å². The summed E-state index contributed by atoms with van der Waals surface area (Å²) in [7, 11) is 1.89. The lowest BCUT2D eigenvalue weighted by molar-refractivity contribution is -0.127. The van der Waals surface area contributed by atoms with Crippen LogP contribution in [0.5, 0.6) is 0 Å². The van der Waals surface area contributed by atoms with Crippen molar-refractivity contribution < 1.29 is 9.21 Å². The van der Waals surface area contributed by atoms with E-state index in [2.05, 4.69) is 21.7 Å². The molecule has 1 unspecified atom stereocenters. The van der Waals surface area contributed by atoms with Crippen LogP contribution in [0.2, 0.25) is 0 Å². The molecule has 0 radical (unpaired) electrons.